The number of hydrogen-bond donors (Lipinski definition) is 7. The van der Waals surface area contributed by atoms with E-state index in [1.807, 2.05) is 6.92 Å². The molecule has 0 amide bonds. The molecule has 2 rings (SSSR count). The van der Waals surface area contributed by atoms with Crippen molar-refractivity contribution < 1.29 is 50.1 Å². The van der Waals surface area contributed by atoms with E-state index in [0.29, 0.717) is 6.61 Å². The Morgan fingerprint density at radius 3 is 1.55 bits per heavy atom. The molecule has 0 unspecified atom stereocenters. The first-order chi connectivity index (χ1) is 13.6. The predicted molar refractivity (Wildman–Crippen MR) is 99.6 cm³/mol. The minimum atomic E-state index is -1.29. The highest BCUT2D eigenvalue weighted by Crippen LogP contribution is 2.36. The van der Waals surface area contributed by atoms with E-state index in [1.165, 1.54) is 0 Å². The number of unbranched alkanes of at least 4 members (excludes halogenated alkanes) is 2. The second-order valence-corrected chi connectivity index (χ2v) is 5.87. The van der Waals surface area contributed by atoms with Crippen LogP contribution in [0.2, 0.25) is 0 Å². The van der Waals surface area contributed by atoms with E-state index >= 15 is 0 Å². The first-order valence-corrected chi connectivity index (χ1v) is 8.48. The number of benzene rings is 2. The molecule has 0 saturated carbocycles. The van der Waals surface area contributed by atoms with Gasteiger partial charge in [0.25, 0.3) is 0 Å². The number of esters is 1. The lowest BCUT2D eigenvalue weighted by Crippen LogP contribution is -2.06. The Hall–Kier alpha value is -3.82. The number of hydrogen-bond acceptors (Lipinski definition) is 9. The van der Waals surface area contributed by atoms with Crippen LogP contribution in [0.1, 0.15) is 46.9 Å². The molecule has 0 aliphatic carbocycles. The van der Waals surface area contributed by atoms with Crippen molar-refractivity contribution in [1.29, 1.82) is 0 Å². The molecule has 10 heteroatoms. The Balaban J connectivity index is 0.000000308. The molecule has 0 saturated heterocycles. The molecular formula is C19H22O10. The molecule has 158 valence electrons. The third-order valence-corrected chi connectivity index (χ3v) is 3.60. The number of carboxylic acids is 1. The van der Waals surface area contributed by atoms with Crippen LogP contribution in [0.3, 0.4) is 0 Å². The topological polar surface area (TPSA) is 185 Å². The quantitative estimate of drug-likeness (QED) is 0.212. The van der Waals surface area contributed by atoms with Gasteiger partial charge in [0.05, 0.1) is 17.7 Å². The van der Waals surface area contributed by atoms with Crippen molar-refractivity contribution in [3.63, 3.8) is 0 Å². The van der Waals surface area contributed by atoms with Crippen molar-refractivity contribution in [2.75, 3.05) is 6.61 Å². The zero-order chi connectivity index (χ0) is 22.1. The van der Waals surface area contributed by atoms with Crippen LogP contribution in [0, 0.1) is 0 Å². The third kappa shape index (κ3) is 6.69. The van der Waals surface area contributed by atoms with Crippen LogP contribution in [0.15, 0.2) is 24.3 Å². The predicted octanol–water partition coefficient (Wildman–Crippen LogP) is 2.65. The fourth-order valence-corrected chi connectivity index (χ4v) is 2.05. The molecule has 0 aromatic heterocycles. The van der Waals surface area contributed by atoms with Gasteiger partial charge in [-0.05, 0) is 30.7 Å². The summed E-state index contributed by atoms with van der Waals surface area (Å²) in [6.45, 7) is 2.34. The van der Waals surface area contributed by atoms with Crippen molar-refractivity contribution in [3.8, 4) is 34.5 Å². The Kier molecular flexibility index (Phi) is 8.41. The molecule has 2 aromatic rings. The summed E-state index contributed by atoms with van der Waals surface area (Å²) < 4.78 is 4.94. The highest BCUT2D eigenvalue weighted by Gasteiger charge is 2.14. The third-order valence-electron chi connectivity index (χ3n) is 3.60. The maximum atomic E-state index is 11.5. The van der Waals surface area contributed by atoms with Gasteiger partial charge in [-0.15, -0.1) is 0 Å². The number of carboxylic acid groups (broad SMARTS) is 1. The summed E-state index contributed by atoms with van der Waals surface area (Å²) in [7, 11) is 0. The molecule has 0 radical (unpaired) electrons. The van der Waals surface area contributed by atoms with E-state index in [-0.39, 0.29) is 11.1 Å². The normalized spacial score (nSPS) is 9.97. The van der Waals surface area contributed by atoms with Crippen molar-refractivity contribution in [2.45, 2.75) is 26.2 Å². The first kappa shape index (κ1) is 23.2. The highest BCUT2D eigenvalue weighted by atomic mass is 16.5. The summed E-state index contributed by atoms with van der Waals surface area (Å²) in [5.41, 5.74) is -0.280. The Bertz CT molecular complexity index is 829. The van der Waals surface area contributed by atoms with Crippen LogP contribution in [0.4, 0.5) is 0 Å². The molecule has 0 heterocycles. The lowest BCUT2D eigenvalue weighted by Gasteiger charge is -2.06. The Labute approximate surface area is 165 Å². The smallest absolute Gasteiger partial charge is 0.338 e. The van der Waals surface area contributed by atoms with Gasteiger partial charge in [-0.25, -0.2) is 9.59 Å². The van der Waals surface area contributed by atoms with E-state index in [2.05, 4.69) is 0 Å². The molecule has 2 aromatic carbocycles. The van der Waals surface area contributed by atoms with Crippen LogP contribution in [0.5, 0.6) is 34.5 Å². The maximum absolute atomic E-state index is 11.5. The summed E-state index contributed by atoms with van der Waals surface area (Å²) in [6, 6.07) is 3.79. The van der Waals surface area contributed by atoms with Gasteiger partial charge in [0.2, 0.25) is 0 Å². The summed E-state index contributed by atoms with van der Waals surface area (Å²) in [6.07, 6.45) is 2.77. The van der Waals surface area contributed by atoms with Gasteiger partial charge in [-0.1, -0.05) is 19.8 Å². The SMILES string of the molecule is CCCCCOC(=O)c1cc(O)c(O)c(O)c1.O=C(O)c1cc(O)c(O)c(O)c1. The first-order valence-electron chi connectivity index (χ1n) is 8.48. The number of carbonyl (C=O) groups excluding carboxylic acids is 1. The van der Waals surface area contributed by atoms with Crippen molar-refractivity contribution in [1.82, 2.24) is 0 Å². The summed E-state index contributed by atoms with van der Waals surface area (Å²) in [5, 5.41) is 62.5. The number of aromatic carboxylic acids is 1. The zero-order valence-electron chi connectivity index (χ0n) is 15.5. The van der Waals surface area contributed by atoms with E-state index < -0.39 is 46.4 Å². The minimum Gasteiger partial charge on any atom is -0.504 e. The zero-order valence-corrected chi connectivity index (χ0v) is 15.5. The van der Waals surface area contributed by atoms with Crippen molar-refractivity contribution in [3.05, 3.63) is 35.4 Å². The van der Waals surface area contributed by atoms with Gasteiger partial charge in [0.15, 0.2) is 34.5 Å². The number of ether oxygens (including phenoxy) is 1. The molecule has 0 aliphatic heterocycles. The number of aromatic hydroxyl groups is 6. The summed E-state index contributed by atoms with van der Waals surface area (Å²) in [4.78, 5) is 21.8. The van der Waals surface area contributed by atoms with Crippen LogP contribution < -0.4 is 0 Å². The molecule has 0 atom stereocenters. The van der Waals surface area contributed by atoms with E-state index in [1.54, 1.807) is 0 Å². The van der Waals surface area contributed by atoms with E-state index in [4.69, 9.17) is 30.3 Å². The highest BCUT2D eigenvalue weighted by molar-refractivity contribution is 5.91. The number of rotatable bonds is 6. The monoisotopic (exact) mass is 410 g/mol. The molecular weight excluding hydrogens is 388 g/mol. The largest absolute Gasteiger partial charge is 0.504 e. The number of phenols is 6. The van der Waals surface area contributed by atoms with Gasteiger partial charge in [-0.2, -0.15) is 0 Å². The van der Waals surface area contributed by atoms with Crippen LogP contribution in [-0.4, -0.2) is 54.3 Å². The average Bonchev–Trinajstić information content (AvgIpc) is 2.67. The summed E-state index contributed by atoms with van der Waals surface area (Å²) >= 11 is 0. The molecule has 0 bridgehead atoms. The Morgan fingerprint density at radius 1 is 0.759 bits per heavy atom. The van der Waals surface area contributed by atoms with Gasteiger partial charge < -0.3 is 40.5 Å². The maximum Gasteiger partial charge on any atom is 0.338 e. The fraction of sp³-hybridized carbons (Fsp3) is 0.263. The van der Waals surface area contributed by atoms with Crippen LogP contribution >= 0.6 is 0 Å². The lowest BCUT2D eigenvalue weighted by molar-refractivity contribution is 0.0496. The fourth-order valence-electron chi connectivity index (χ4n) is 2.05. The van der Waals surface area contributed by atoms with Gasteiger partial charge in [-0.3, -0.25) is 0 Å². The molecule has 10 nitrogen and oxygen atoms in total. The molecule has 29 heavy (non-hydrogen) atoms. The van der Waals surface area contributed by atoms with Crippen LogP contribution in [0.25, 0.3) is 0 Å². The summed E-state index contributed by atoms with van der Waals surface area (Å²) in [5.74, 6) is -5.71. The van der Waals surface area contributed by atoms with Gasteiger partial charge in [0.1, 0.15) is 0 Å². The van der Waals surface area contributed by atoms with Crippen molar-refractivity contribution >= 4 is 11.9 Å². The van der Waals surface area contributed by atoms with Gasteiger partial charge >= 0.3 is 11.9 Å². The minimum absolute atomic E-state index is 0.00861. The molecule has 0 fully saturated rings. The van der Waals surface area contributed by atoms with Gasteiger partial charge in [0, 0.05) is 0 Å². The molecule has 7 N–H and O–H groups in total. The molecule has 0 aliphatic rings. The van der Waals surface area contributed by atoms with E-state index in [9.17, 15) is 19.8 Å². The molecule has 0 spiro atoms. The van der Waals surface area contributed by atoms with Crippen LogP contribution in [-0.2, 0) is 4.74 Å². The average molecular weight is 410 g/mol. The second-order valence-electron chi connectivity index (χ2n) is 5.87. The Morgan fingerprint density at radius 2 is 1.17 bits per heavy atom. The number of phenolic OH excluding ortho intramolecular Hbond substituents is 6. The van der Waals surface area contributed by atoms with Crippen molar-refractivity contribution in [2.24, 2.45) is 0 Å². The number of carbonyl (C=O) groups is 2. The van der Waals surface area contributed by atoms with E-state index in [0.717, 1.165) is 43.5 Å². The standard InChI is InChI=1S/C12H16O5.C7H6O5/c1-2-3-4-5-17-12(16)8-6-9(13)11(15)10(14)7-8;8-4-1-3(7(11)12)2-5(9)6(4)10/h6-7,13-15H,2-5H2,1H3;1-2,8-10H,(H,11,12). The second kappa shape index (κ2) is 10.5. The lowest BCUT2D eigenvalue weighted by atomic mass is 10.2.